The molecule has 1 N–H and O–H groups in total. The standard InChI is InChI=1S/C16H15N3O4/c1-3-6-18-15(21)11(9-17)13(20)8-12-10(2)23-16(19-12)14-5-4-7-22-14/h3-5,7,11H,1,6,8H2,2H3,(H,18,21)/t11-/m1/s1. The maximum absolute atomic E-state index is 12.2. The van der Waals surface area contributed by atoms with Crippen LogP contribution >= 0.6 is 0 Å². The molecule has 7 heteroatoms. The average molecular weight is 313 g/mol. The van der Waals surface area contributed by atoms with Gasteiger partial charge in [0, 0.05) is 6.54 Å². The molecule has 0 saturated carbocycles. The van der Waals surface area contributed by atoms with Crippen molar-refractivity contribution in [1.29, 1.82) is 5.26 Å². The van der Waals surface area contributed by atoms with Crippen molar-refractivity contribution in [3.8, 4) is 17.7 Å². The fourth-order valence-electron chi connectivity index (χ4n) is 1.92. The highest BCUT2D eigenvalue weighted by atomic mass is 16.4. The highest BCUT2D eigenvalue weighted by Gasteiger charge is 2.27. The summed E-state index contributed by atoms with van der Waals surface area (Å²) >= 11 is 0. The normalized spacial score (nSPS) is 11.5. The first-order chi connectivity index (χ1) is 11.1. The number of hydrogen-bond acceptors (Lipinski definition) is 6. The summed E-state index contributed by atoms with van der Waals surface area (Å²) in [5, 5.41) is 11.5. The van der Waals surface area contributed by atoms with Gasteiger partial charge in [0.05, 0.1) is 24.4 Å². The van der Waals surface area contributed by atoms with Crippen molar-refractivity contribution < 1.29 is 18.4 Å². The predicted octanol–water partition coefficient (Wildman–Crippen LogP) is 1.80. The summed E-state index contributed by atoms with van der Waals surface area (Å²) in [5.74, 6) is -1.46. The van der Waals surface area contributed by atoms with Crippen LogP contribution in [-0.4, -0.2) is 23.2 Å². The van der Waals surface area contributed by atoms with Crippen LogP contribution in [0, 0.1) is 24.2 Å². The third-order valence-corrected chi connectivity index (χ3v) is 3.10. The van der Waals surface area contributed by atoms with E-state index in [-0.39, 0.29) is 18.9 Å². The smallest absolute Gasteiger partial charge is 0.263 e. The summed E-state index contributed by atoms with van der Waals surface area (Å²) in [6, 6.07) is 5.08. The number of rotatable bonds is 7. The molecule has 0 saturated heterocycles. The summed E-state index contributed by atoms with van der Waals surface area (Å²) in [4.78, 5) is 28.2. The number of Topliss-reactive ketones (excluding diaryl/α,β-unsaturated/α-hetero) is 1. The molecule has 118 valence electrons. The van der Waals surface area contributed by atoms with Crippen LogP contribution in [0.4, 0.5) is 0 Å². The van der Waals surface area contributed by atoms with Gasteiger partial charge in [0.1, 0.15) is 5.76 Å². The number of aromatic nitrogens is 1. The monoisotopic (exact) mass is 313 g/mol. The number of carbonyl (C=O) groups excluding carboxylic acids is 2. The molecule has 0 unspecified atom stereocenters. The van der Waals surface area contributed by atoms with E-state index in [1.165, 1.54) is 12.3 Å². The Hall–Kier alpha value is -3.14. The first-order valence-electron chi connectivity index (χ1n) is 6.88. The van der Waals surface area contributed by atoms with Crippen molar-refractivity contribution in [2.75, 3.05) is 6.54 Å². The Morgan fingerprint density at radius 1 is 1.57 bits per heavy atom. The fraction of sp³-hybridized carbons (Fsp3) is 0.250. The number of oxazole rings is 1. The van der Waals surface area contributed by atoms with Gasteiger partial charge in [0.15, 0.2) is 17.5 Å². The van der Waals surface area contributed by atoms with Crippen molar-refractivity contribution in [1.82, 2.24) is 10.3 Å². The second-order valence-electron chi connectivity index (χ2n) is 4.74. The van der Waals surface area contributed by atoms with Crippen LogP contribution in [0.5, 0.6) is 0 Å². The second-order valence-corrected chi connectivity index (χ2v) is 4.74. The van der Waals surface area contributed by atoms with Gasteiger partial charge in [-0.15, -0.1) is 6.58 Å². The van der Waals surface area contributed by atoms with E-state index in [1.807, 2.05) is 0 Å². The van der Waals surface area contributed by atoms with Crippen LogP contribution < -0.4 is 5.32 Å². The molecule has 1 amide bonds. The van der Waals surface area contributed by atoms with Crippen molar-refractivity contribution >= 4 is 11.7 Å². The van der Waals surface area contributed by atoms with Gasteiger partial charge in [-0.2, -0.15) is 5.26 Å². The minimum Gasteiger partial charge on any atom is -0.459 e. The van der Waals surface area contributed by atoms with E-state index in [0.29, 0.717) is 17.2 Å². The topological polar surface area (TPSA) is 109 Å². The zero-order valence-corrected chi connectivity index (χ0v) is 12.5. The zero-order valence-electron chi connectivity index (χ0n) is 12.5. The molecule has 0 spiro atoms. The molecule has 0 radical (unpaired) electrons. The lowest BCUT2D eigenvalue weighted by Crippen LogP contribution is -2.35. The molecule has 0 aromatic carbocycles. The van der Waals surface area contributed by atoms with Gasteiger partial charge in [-0.1, -0.05) is 6.08 Å². The first-order valence-corrected chi connectivity index (χ1v) is 6.88. The fourth-order valence-corrected chi connectivity index (χ4v) is 1.92. The first kappa shape index (κ1) is 16.2. The molecular formula is C16H15N3O4. The molecule has 1 atom stereocenters. The van der Waals surface area contributed by atoms with Gasteiger partial charge >= 0.3 is 0 Å². The Labute approximate surface area is 132 Å². The summed E-state index contributed by atoms with van der Waals surface area (Å²) in [6.45, 7) is 5.30. The Balaban J connectivity index is 2.12. The van der Waals surface area contributed by atoms with Crippen LogP contribution in [0.15, 0.2) is 39.9 Å². The molecule has 2 heterocycles. The van der Waals surface area contributed by atoms with Crippen LogP contribution in [0.25, 0.3) is 11.7 Å². The molecule has 2 rings (SSSR count). The van der Waals surface area contributed by atoms with Gasteiger partial charge in [0.2, 0.25) is 5.91 Å². The number of hydrogen-bond donors (Lipinski definition) is 1. The lowest BCUT2D eigenvalue weighted by molar-refractivity contribution is -0.131. The summed E-state index contributed by atoms with van der Waals surface area (Å²) in [7, 11) is 0. The molecule has 0 aliphatic rings. The Morgan fingerprint density at radius 2 is 2.35 bits per heavy atom. The minimum atomic E-state index is -1.39. The van der Waals surface area contributed by atoms with Crippen molar-refractivity contribution in [3.63, 3.8) is 0 Å². The van der Waals surface area contributed by atoms with E-state index in [4.69, 9.17) is 14.1 Å². The number of aryl methyl sites for hydroxylation is 1. The van der Waals surface area contributed by atoms with Gasteiger partial charge in [-0.25, -0.2) is 4.98 Å². The molecule has 7 nitrogen and oxygen atoms in total. The van der Waals surface area contributed by atoms with Crippen LogP contribution in [0.3, 0.4) is 0 Å². The van der Waals surface area contributed by atoms with Crippen LogP contribution in [0.2, 0.25) is 0 Å². The Morgan fingerprint density at radius 3 is 2.96 bits per heavy atom. The molecule has 2 aromatic heterocycles. The van der Waals surface area contributed by atoms with Gasteiger partial charge < -0.3 is 14.2 Å². The molecule has 0 aliphatic carbocycles. The Kier molecular flexibility index (Phi) is 5.10. The molecular weight excluding hydrogens is 298 g/mol. The second kappa shape index (κ2) is 7.22. The predicted molar refractivity (Wildman–Crippen MR) is 80.0 cm³/mol. The van der Waals surface area contributed by atoms with E-state index in [2.05, 4.69) is 16.9 Å². The molecule has 0 aliphatic heterocycles. The molecule has 23 heavy (non-hydrogen) atoms. The van der Waals surface area contributed by atoms with E-state index in [0.717, 1.165) is 0 Å². The molecule has 0 fully saturated rings. The van der Waals surface area contributed by atoms with E-state index in [9.17, 15) is 9.59 Å². The highest BCUT2D eigenvalue weighted by molar-refractivity contribution is 6.04. The van der Waals surface area contributed by atoms with Gasteiger partial charge in [0.25, 0.3) is 5.89 Å². The quantitative estimate of drug-likeness (QED) is 0.616. The van der Waals surface area contributed by atoms with Gasteiger partial charge in [-0.3, -0.25) is 9.59 Å². The third-order valence-electron chi connectivity index (χ3n) is 3.10. The van der Waals surface area contributed by atoms with E-state index < -0.39 is 17.6 Å². The number of furan rings is 1. The van der Waals surface area contributed by atoms with Gasteiger partial charge in [-0.05, 0) is 19.1 Å². The summed E-state index contributed by atoms with van der Waals surface area (Å²) in [6.07, 6.45) is 2.78. The molecule has 2 aromatic rings. The highest BCUT2D eigenvalue weighted by Crippen LogP contribution is 2.22. The van der Waals surface area contributed by atoms with Crippen LogP contribution in [0.1, 0.15) is 11.5 Å². The van der Waals surface area contributed by atoms with E-state index >= 15 is 0 Å². The number of nitriles is 1. The molecule has 0 bridgehead atoms. The number of nitrogens with one attached hydrogen (secondary N) is 1. The maximum atomic E-state index is 12.2. The van der Waals surface area contributed by atoms with E-state index in [1.54, 1.807) is 25.1 Å². The summed E-state index contributed by atoms with van der Waals surface area (Å²) < 4.78 is 10.6. The van der Waals surface area contributed by atoms with Crippen molar-refractivity contribution in [2.24, 2.45) is 5.92 Å². The Bertz CT molecular complexity index is 753. The zero-order chi connectivity index (χ0) is 16.8. The van der Waals surface area contributed by atoms with Crippen molar-refractivity contribution in [2.45, 2.75) is 13.3 Å². The largest absolute Gasteiger partial charge is 0.459 e. The lowest BCUT2D eigenvalue weighted by atomic mass is 10.0. The minimum absolute atomic E-state index is 0.171. The maximum Gasteiger partial charge on any atom is 0.263 e. The number of ketones is 1. The average Bonchev–Trinajstić information content (AvgIpc) is 3.16. The number of nitrogens with zero attached hydrogens (tertiary/aromatic N) is 2. The number of amides is 1. The van der Waals surface area contributed by atoms with Crippen molar-refractivity contribution in [3.05, 3.63) is 42.5 Å². The lowest BCUT2D eigenvalue weighted by Gasteiger charge is -2.07. The number of carbonyl (C=O) groups is 2. The summed E-state index contributed by atoms with van der Waals surface area (Å²) in [5.41, 5.74) is 0.373. The van der Waals surface area contributed by atoms with Crippen LogP contribution in [-0.2, 0) is 16.0 Å². The third kappa shape index (κ3) is 3.74. The SMILES string of the molecule is C=CCNC(=O)[C@H](C#N)C(=O)Cc1nc(-c2ccco2)oc1C.